The normalized spacial score (nSPS) is 11.9. The molecule has 2 amide bonds. The minimum absolute atomic E-state index is 0.0462. The van der Waals surface area contributed by atoms with Crippen LogP contribution >= 0.6 is 0 Å². The number of benzene rings is 3. The molecule has 2 N–H and O–H groups in total. The summed E-state index contributed by atoms with van der Waals surface area (Å²) < 4.78 is 18.1. The number of fused-ring (bicyclic) bond motifs is 2. The number of rotatable bonds is 6. The zero-order chi connectivity index (χ0) is 22.6. The third-order valence-electron chi connectivity index (χ3n) is 5.10. The number of hydrogen-bond donors (Lipinski definition) is 2. The number of nitrogens with zero attached hydrogens (tertiary/aromatic N) is 2. The van der Waals surface area contributed by atoms with Gasteiger partial charge in [-0.2, -0.15) is 0 Å². The van der Waals surface area contributed by atoms with Gasteiger partial charge in [0.15, 0.2) is 11.5 Å². The average molecular weight is 444 g/mol. The van der Waals surface area contributed by atoms with E-state index in [9.17, 15) is 9.59 Å². The summed E-state index contributed by atoms with van der Waals surface area (Å²) in [5.41, 5.74) is 6.76. The molecule has 0 fully saturated rings. The molecule has 0 bridgehead atoms. The van der Waals surface area contributed by atoms with Crippen LogP contribution in [0.15, 0.2) is 72.8 Å². The van der Waals surface area contributed by atoms with Crippen molar-refractivity contribution in [1.82, 2.24) is 20.4 Å². The molecule has 5 rings (SSSR count). The standard InChI is InChI=1S/C24H20N4O5/c29-23(26-27-24(30)16-10-11-20-21(12-16)33-15-32-20)13-28-19-9-5-4-8-18(19)25-22(28)14-31-17-6-2-1-3-7-17/h1-12H,13-15H2,(H,26,29)(H,27,30). The molecule has 0 saturated carbocycles. The van der Waals surface area contributed by atoms with Gasteiger partial charge in [-0.05, 0) is 42.5 Å². The molecule has 0 radical (unpaired) electrons. The summed E-state index contributed by atoms with van der Waals surface area (Å²) in [6.07, 6.45) is 0. The molecule has 166 valence electrons. The van der Waals surface area contributed by atoms with Gasteiger partial charge in [0.25, 0.3) is 11.8 Å². The molecular weight excluding hydrogens is 424 g/mol. The average Bonchev–Trinajstić information content (AvgIpc) is 3.46. The van der Waals surface area contributed by atoms with Gasteiger partial charge >= 0.3 is 0 Å². The van der Waals surface area contributed by atoms with Crippen LogP contribution in [0.3, 0.4) is 0 Å². The Bertz CT molecular complexity index is 1320. The second-order valence-electron chi connectivity index (χ2n) is 7.27. The largest absolute Gasteiger partial charge is 0.486 e. The second kappa shape index (κ2) is 8.91. The van der Waals surface area contributed by atoms with Gasteiger partial charge < -0.3 is 18.8 Å². The maximum absolute atomic E-state index is 12.6. The molecule has 9 nitrogen and oxygen atoms in total. The lowest BCUT2D eigenvalue weighted by molar-refractivity contribution is -0.122. The van der Waals surface area contributed by atoms with Crippen LogP contribution in [-0.2, 0) is 17.9 Å². The zero-order valence-corrected chi connectivity index (χ0v) is 17.5. The summed E-state index contributed by atoms with van der Waals surface area (Å²) in [4.78, 5) is 29.7. The Morgan fingerprint density at radius 3 is 2.61 bits per heavy atom. The van der Waals surface area contributed by atoms with E-state index in [2.05, 4.69) is 15.8 Å². The van der Waals surface area contributed by atoms with Crippen molar-refractivity contribution in [2.45, 2.75) is 13.2 Å². The first-order valence-corrected chi connectivity index (χ1v) is 10.3. The van der Waals surface area contributed by atoms with Crippen molar-refractivity contribution in [2.75, 3.05) is 6.79 Å². The Balaban J connectivity index is 1.27. The monoisotopic (exact) mass is 444 g/mol. The molecular formula is C24H20N4O5. The molecule has 9 heteroatoms. The molecule has 1 aliphatic rings. The van der Waals surface area contributed by atoms with Gasteiger partial charge in [-0.25, -0.2) is 4.98 Å². The number of aromatic nitrogens is 2. The lowest BCUT2D eigenvalue weighted by Gasteiger charge is -2.12. The van der Waals surface area contributed by atoms with Gasteiger partial charge in [-0.15, -0.1) is 0 Å². The first kappa shape index (κ1) is 20.4. The molecule has 4 aromatic rings. The summed E-state index contributed by atoms with van der Waals surface area (Å²) in [5.74, 6) is 1.49. The van der Waals surface area contributed by atoms with E-state index in [0.29, 0.717) is 28.6 Å². The van der Waals surface area contributed by atoms with E-state index < -0.39 is 11.8 Å². The molecule has 0 atom stereocenters. The third kappa shape index (κ3) is 4.42. The highest BCUT2D eigenvalue weighted by Gasteiger charge is 2.18. The molecule has 0 aliphatic carbocycles. The number of ether oxygens (including phenoxy) is 3. The second-order valence-corrected chi connectivity index (χ2v) is 7.27. The SMILES string of the molecule is O=C(Cn1c(COc2ccccc2)nc2ccccc21)NNC(=O)c1ccc2c(c1)OCO2. The predicted octanol–water partition coefficient (Wildman–Crippen LogP) is 2.81. The fourth-order valence-corrected chi connectivity index (χ4v) is 3.50. The Kier molecular flexibility index (Phi) is 5.50. The number of para-hydroxylation sites is 3. The molecule has 1 aliphatic heterocycles. The maximum atomic E-state index is 12.6. The number of hydrogen-bond acceptors (Lipinski definition) is 6. The van der Waals surface area contributed by atoms with Crippen LogP contribution in [0, 0.1) is 0 Å². The number of amides is 2. The number of nitrogens with one attached hydrogen (secondary N) is 2. The van der Waals surface area contributed by atoms with Crippen molar-refractivity contribution >= 4 is 22.8 Å². The van der Waals surface area contributed by atoms with E-state index in [1.807, 2.05) is 54.6 Å². The molecule has 1 aromatic heterocycles. The first-order chi connectivity index (χ1) is 16.2. The number of carbonyl (C=O) groups is 2. The van der Waals surface area contributed by atoms with Crippen LogP contribution in [0.1, 0.15) is 16.2 Å². The van der Waals surface area contributed by atoms with E-state index in [1.165, 1.54) is 0 Å². The van der Waals surface area contributed by atoms with Crippen LogP contribution in [0.2, 0.25) is 0 Å². The smallest absolute Gasteiger partial charge is 0.269 e. The summed E-state index contributed by atoms with van der Waals surface area (Å²) in [7, 11) is 0. The van der Waals surface area contributed by atoms with Crippen LogP contribution in [0.4, 0.5) is 0 Å². The summed E-state index contributed by atoms with van der Waals surface area (Å²) in [6.45, 7) is 0.261. The van der Waals surface area contributed by atoms with Gasteiger partial charge in [0.2, 0.25) is 6.79 Å². The first-order valence-electron chi connectivity index (χ1n) is 10.3. The van der Waals surface area contributed by atoms with Gasteiger partial charge in [-0.3, -0.25) is 20.4 Å². The lowest BCUT2D eigenvalue weighted by Crippen LogP contribution is -2.43. The number of carbonyl (C=O) groups excluding carboxylic acids is 2. The highest BCUT2D eigenvalue weighted by atomic mass is 16.7. The maximum Gasteiger partial charge on any atom is 0.269 e. The van der Waals surface area contributed by atoms with Crippen LogP contribution in [-0.4, -0.2) is 28.2 Å². The van der Waals surface area contributed by atoms with Crippen molar-refractivity contribution in [3.8, 4) is 17.2 Å². The Labute approximate surface area is 188 Å². The predicted molar refractivity (Wildman–Crippen MR) is 119 cm³/mol. The van der Waals surface area contributed by atoms with Crippen molar-refractivity contribution in [3.63, 3.8) is 0 Å². The van der Waals surface area contributed by atoms with E-state index in [-0.39, 0.29) is 19.9 Å². The molecule has 2 heterocycles. The van der Waals surface area contributed by atoms with Gasteiger partial charge in [-0.1, -0.05) is 30.3 Å². The van der Waals surface area contributed by atoms with E-state index in [0.717, 1.165) is 11.0 Å². The Hall–Kier alpha value is -4.53. The molecule has 0 unspecified atom stereocenters. The zero-order valence-electron chi connectivity index (χ0n) is 17.5. The fourth-order valence-electron chi connectivity index (χ4n) is 3.50. The highest BCUT2D eigenvalue weighted by Crippen LogP contribution is 2.32. The quantitative estimate of drug-likeness (QED) is 0.443. The van der Waals surface area contributed by atoms with E-state index in [4.69, 9.17) is 14.2 Å². The fraction of sp³-hybridized carbons (Fsp3) is 0.125. The van der Waals surface area contributed by atoms with Gasteiger partial charge in [0.05, 0.1) is 11.0 Å². The third-order valence-corrected chi connectivity index (χ3v) is 5.10. The van der Waals surface area contributed by atoms with Crippen molar-refractivity contribution in [3.05, 3.63) is 84.2 Å². The van der Waals surface area contributed by atoms with Crippen LogP contribution < -0.4 is 25.1 Å². The van der Waals surface area contributed by atoms with Crippen molar-refractivity contribution in [1.29, 1.82) is 0 Å². The minimum atomic E-state index is -0.468. The lowest BCUT2D eigenvalue weighted by atomic mass is 10.2. The molecule has 0 spiro atoms. The minimum Gasteiger partial charge on any atom is -0.486 e. The van der Waals surface area contributed by atoms with Gasteiger partial charge in [0.1, 0.15) is 24.7 Å². The van der Waals surface area contributed by atoms with Crippen molar-refractivity contribution in [2.24, 2.45) is 0 Å². The highest BCUT2D eigenvalue weighted by molar-refractivity contribution is 5.96. The summed E-state index contributed by atoms with van der Waals surface area (Å²) in [5, 5.41) is 0. The van der Waals surface area contributed by atoms with E-state index >= 15 is 0 Å². The van der Waals surface area contributed by atoms with Crippen LogP contribution in [0.5, 0.6) is 17.2 Å². The summed E-state index contributed by atoms with van der Waals surface area (Å²) >= 11 is 0. The van der Waals surface area contributed by atoms with Crippen molar-refractivity contribution < 1.29 is 23.8 Å². The molecule has 33 heavy (non-hydrogen) atoms. The van der Waals surface area contributed by atoms with Gasteiger partial charge in [0, 0.05) is 5.56 Å². The topological polar surface area (TPSA) is 104 Å². The Morgan fingerprint density at radius 2 is 1.73 bits per heavy atom. The summed E-state index contributed by atoms with van der Waals surface area (Å²) in [6, 6.07) is 21.7. The van der Waals surface area contributed by atoms with E-state index in [1.54, 1.807) is 22.8 Å². The molecule has 3 aromatic carbocycles. The van der Waals surface area contributed by atoms with Crippen LogP contribution in [0.25, 0.3) is 11.0 Å². The molecule has 0 saturated heterocycles. The number of imidazole rings is 1. The Morgan fingerprint density at radius 1 is 0.939 bits per heavy atom. The number of hydrazine groups is 1.